The summed E-state index contributed by atoms with van der Waals surface area (Å²) >= 11 is 0. The van der Waals surface area contributed by atoms with E-state index in [0.717, 1.165) is 0 Å². The number of carbonyl (C=O) groups excluding carboxylic acids is 1. The maximum Gasteiger partial charge on any atom is 0.344 e. The van der Waals surface area contributed by atoms with Crippen LogP contribution in [0.1, 0.15) is 18.9 Å². The SMILES string of the molecule is COc1ccc(OCC(=O)O[C@@H](C)c2nnc(-c3ccc([N+](=O)[O-])cc3)o2)cc1. The molecule has 10 heteroatoms. The first kappa shape index (κ1) is 19.8. The molecule has 1 aromatic heterocycles. The number of methoxy groups -OCH3 is 1. The minimum Gasteiger partial charge on any atom is -0.497 e. The lowest BCUT2D eigenvalue weighted by atomic mass is 10.2. The number of esters is 1. The first-order chi connectivity index (χ1) is 14.0. The fraction of sp³-hybridized carbons (Fsp3) is 0.211. The predicted molar refractivity (Wildman–Crippen MR) is 99.4 cm³/mol. The molecular formula is C19H17N3O7. The average Bonchev–Trinajstić information content (AvgIpc) is 3.23. The molecule has 150 valence electrons. The monoisotopic (exact) mass is 399 g/mol. The quantitative estimate of drug-likeness (QED) is 0.318. The molecule has 10 nitrogen and oxygen atoms in total. The number of hydrogen-bond donors (Lipinski definition) is 0. The van der Waals surface area contributed by atoms with Crippen molar-refractivity contribution in [3.63, 3.8) is 0 Å². The Morgan fingerprint density at radius 2 is 1.76 bits per heavy atom. The third kappa shape index (κ3) is 5.06. The fourth-order valence-corrected chi connectivity index (χ4v) is 2.34. The Balaban J connectivity index is 1.55. The van der Waals surface area contributed by atoms with Crippen LogP contribution in [-0.4, -0.2) is 34.8 Å². The van der Waals surface area contributed by atoms with Crippen molar-refractivity contribution in [3.05, 3.63) is 64.5 Å². The van der Waals surface area contributed by atoms with E-state index in [-0.39, 0.29) is 24.1 Å². The topological polar surface area (TPSA) is 127 Å². The normalized spacial score (nSPS) is 11.5. The van der Waals surface area contributed by atoms with Crippen LogP contribution < -0.4 is 9.47 Å². The van der Waals surface area contributed by atoms with Crippen LogP contribution in [0, 0.1) is 10.1 Å². The molecular weight excluding hydrogens is 382 g/mol. The molecule has 0 fully saturated rings. The van der Waals surface area contributed by atoms with E-state index in [0.29, 0.717) is 17.1 Å². The van der Waals surface area contributed by atoms with Gasteiger partial charge in [0, 0.05) is 17.7 Å². The zero-order valence-electron chi connectivity index (χ0n) is 15.6. The highest BCUT2D eigenvalue weighted by molar-refractivity contribution is 5.71. The maximum absolute atomic E-state index is 12.0. The average molecular weight is 399 g/mol. The van der Waals surface area contributed by atoms with E-state index in [1.807, 2.05) is 0 Å². The highest BCUT2D eigenvalue weighted by atomic mass is 16.6. The van der Waals surface area contributed by atoms with Crippen molar-refractivity contribution in [1.82, 2.24) is 10.2 Å². The number of ether oxygens (including phenoxy) is 3. The highest BCUT2D eigenvalue weighted by Gasteiger charge is 2.19. The Morgan fingerprint density at radius 3 is 2.38 bits per heavy atom. The molecule has 29 heavy (non-hydrogen) atoms. The van der Waals surface area contributed by atoms with Crippen LogP contribution in [0.5, 0.6) is 11.5 Å². The number of nitro benzene ring substituents is 1. The van der Waals surface area contributed by atoms with Gasteiger partial charge in [-0.05, 0) is 43.3 Å². The number of benzene rings is 2. The Kier molecular flexibility index (Phi) is 6.03. The van der Waals surface area contributed by atoms with Crippen molar-refractivity contribution in [2.24, 2.45) is 0 Å². The smallest absolute Gasteiger partial charge is 0.344 e. The van der Waals surface area contributed by atoms with Gasteiger partial charge >= 0.3 is 5.97 Å². The van der Waals surface area contributed by atoms with Gasteiger partial charge < -0.3 is 18.6 Å². The predicted octanol–water partition coefficient (Wildman–Crippen LogP) is 3.34. The minimum atomic E-state index is -0.790. The molecule has 3 rings (SSSR count). The van der Waals surface area contributed by atoms with Gasteiger partial charge in [-0.25, -0.2) is 4.79 Å². The van der Waals surface area contributed by atoms with Gasteiger partial charge in [0.1, 0.15) is 11.5 Å². The van der Waals surface area contributed by atoms with Crippen molar-refractivity contribution < 1.29 is 28.3 Å². The minimum absolute atomic E-state index is 0.0485. The fourth-order valence-electron chi connectivity index (χ4n) is 2.34. The largest absolute Gasteiger partial charge is 0.497 e. The lowest BCUT2D eigenvalue weighted by Gasteiger charge is -2.10. The van der Waals surface area contributed by atoms with E-state index in [2.05, 4.69) is 10.2 Å². The molecule has 0 unspecified atom stereocenters. The van der Waals surface area contributed by atoms with Crippen LogP contribution in [0.2, 0.25) is 0 Å². The third-order valence-corrected chi connectivity index (χ3v) is 3.84. The van der Waals surface area contributed by atoms with Crippen LogP contribution >= 0.6 is 0 Å². The van der Waals surface area contributed by atoms with Crippen molar-refractivity contribution in [2.45, 2.75) is 13.0 Å². The van der Waals surface area contributed by atoms with Gasteiger partial charge in [0.15, 0.2) is 12.7 Å². The number of nitro groups is 1. The van der Waals surface area contributed by atoms with E-state index in [1.54, 1.807) is 38.3 Å². The van der Waals surface area contributed by atoms with E-state index < -0.39 is 17.0 Å². The van der Waals surface area contributed by atoms with Gasteiger partial charge in [0.2, 0.25) is 5.89 Å². The Hall–Kier alpha value is -3.95. The van der Waals surface area contributed by atoms with Gasteiger partial charge in [-0.2, -0.15) is 0 Å². The van der Waals surface area contributed by atoms with Crippen molar-refractivity contribution in [1.29, 1.82) is 0 Å². The Morgan fingerprint density at radius 1 is 1.10 bits per heavy atom. The summed E-state index contributed by atoms with van der Waals surface area (Å²) in [5, 5.41) is 18.4. The van der Waals surface area contributed by atoms with E-state index in [9.17, 15) is 14.9 Å². The summed E-state index contributed by atoms with van der Waals surface area (Å²) in [5.74, 6) is 0.814. The summed E-state index contributed by atoms with van der Waals surface area (Å²) in [6.07, 6.45) is -0.790. The number of carbonyl (C=O) groups is 1. The standard InChI is InChI=1S/C19H17N3O7/c1-12(28-17(23)11-27-16-9-7-15(26-2)8-10-16)18-20-21-19(29-18)13-3-5-14(6-4-13)22(24)25/h3-10,12H,11H2,1-2H3/t12-/m0/s1. The second kappa shape index (κ2) is 8.83. The summed E-state index contributed by atoms with van der Waals surface area (Å²) in [7, 11) is 1.55. The molecule has 1 atom stereocenters. The molecule has 1 heterocycles. The Labute approximate surface area is 165 Å². The van der Waals surface area contributed by atoms with Crippen LogP contribution in [0.3, 0.4) is 0 Å². The Bertz CT molecular complexity index is 984. The van der Waals surface area contributed by atoms with E-state index in [1.165, 1.54) is 24.3 Å². The maximum atomic E-state index is 12.0. The summed E-state index contributed by atoms with van der Waals surface area (Å²) in [6, 6.07) is 12.4. The molecule has 0 radical (unpaired) electrons. The summed E-state index contributed by atoms with van der Waals surface area (Å²) in [4.78, 5) is 22.2. The van der Waals surface area contributed by atoms with Crippen molar-refractivity contribution >= 4 is 11.7 Å². The second-order valence-electron chi connectivity index (χ2n) is 5.85. The number of rotatable bonds is 8. The van der Waals surface area contributed by atoms with Gasteiger partial charge in [-0.3, -0.25) is 10.1 Å². The third-order valence-electron chi connectivity index (χ3n) is 3.84. The first-order valence-electron chi connectivity index (χ1n) is 8.51. The molecule has 0 aliphatic carbocycles. The molecule has 0 spiro atoms. The van der Waals surface area contributed by atoms with Crippen molar-refractivity contribution in [2.75, 3.05) is 13.7 Å². The zero-order chi connectivity index (χ0) is 20.8. The second-order valence-corrected chi connectivity index (χ2v) is 5.85. The molecule has 0 saturated carbocycles. The molecule has 0 N–H and O–H groups in total. The van der Waals surface area contributed by atoms with Gasteiger partial charge in [0.05, 0.1) is 12.0 Å². The van der Waals surface area contributed by atoms with E-state index >= 15 is 0 Å². The molecule has 2 aromatic carbocycles. The number of non-ortho nitro benzene ring substituents is 1. The van der Waals surface area contributed by atoms with Gasteiger partial charge in [-0.1, -0.05) is 0 Å². The van der Waals surface area contributed by atoms with Crippen LogP contribution in [0.25, 0.3) is 11.5 Å². The number of aromatic nitrogens is 2. The molecule has 0 saturated heterocycles. The lowest BCUT2D eigenvalue weighted by Crippen LogP contribution is -2.17. The first-order valence-corrected chi connectivity index (χ1v) is 8.51. The number of hydrogen-bond acceptors (Lipinski definition) is 9. The zero-order valence-corrected chi connectivity index (χ0v) is 15.6. The van der Waals surface area contributed by atoms with Crippen LogP contribution in [0.4, 0.5) is 5.69 Å². The summed E-state index contributed by atoms with van der Waals surface area (Å²) in [5.41, 5.74) is 0.461. The molecule has 0 bridgehead atoms. The van der Waals surface area contributed by atoms with Crippen molar-refractivity contribution in [3.8, 4) is 23.0 Å². The molecule has 0 amide bonds. The van der Waals surface area contributed by atoms with Crippen LogP contribution in [0.15, 0.2) is 52.9 Å². The summed E-state index contributed by atoms with van der Waals surface area (Å²) in [6.45, 7) is 1.29. The number of nitrogens with zero attached hydrogens (tertiary/aromatic N) is 3. The summed E-state index contributed by atoms with van der Waals surface area (Å²) < 4.78 is 21.1. The van der Waals surface area contributed by atoms with Gasteiger partial charge in [-0.15, -0.1) is 10.2 Å². The lowest BCUT2D eigenvalue weighted by molar-refractivity contribution is -0.384. The van der Waals surface area contributed by atoms with Crippen LogP contribution in [-0.2, 0) is 9.53 Å². The van der Waals surface area contributed by atoms with Gasteiger partial charge in [0.25, 0.3) is 11.6 Å². The molecule has 0 aliphatic rings. The highest BCUT2D eigenvalue weighted by Crippen LogP contribution is 2.24. The molecule has 0 aliphatic heterocycles. The molecule has 3 aromatic rings. The van der Waals surface area contributed by atoms with E-state index in [4.69, 9.17) is 18.6 Å².